The van der Waals surface area contributed by atoms with Gasteiger partial charge in [-0.15, -0.1) is 0 Å². The summed E-state index contributed by atoms with van der Waals surface area (Å²) in [5.74, 6) is 0. The molecule has 0 unspecified atom stereocenters. The fourth-order valence-corrected chi connectivity index (χ4v) is 0.0906. The molecule has 0 amide bonds. The molecule has 0 aromatic heterocycles. The van der Waals surface area contributed by atoms with Crippen LogP contribution in [0.1, 0.15) is 21.0 Å². The van der Waals surface area contributed by atoms with Crippen molar-refractivity contribution in [2.45, 2.75) is 12.7 Å². The van der Waals surface area contributed by atoms with Gasteiger partial charge in [0.15, 0.2) is 0 Å². The van der Waals surface area contributed by atoms with E-state index in [2.05, 4.69) is 0 Å². The van der Waals surface area contributed by atoms with Crippen LogP contribution in [0.25, 0.3) is 0 Å². The standard InChI is InChI=1S/C4H12N2/c5-3-1-2-4-6/h1-6H2/i1D2,2D2,3D2/hD2. The van der Waals surface area contributed by atoms with Gasteiger partial charge in [-0.3, -0.25) is 0 Å². The van der Waals surface area contributed by atoms with Crippen molar-refractivity contribution in [3.05, 3.63) is 0 Å². The molecule has 0 aromatic carbocycles. The number of hydrogen-bond acceptors (Lipinski definition) is 2. The van der Waals surface area contributed by atoms with Gasteiger partial charge >= 0.3 is 0 Å². The van der Waals surface area contributed by atoms with E-state index < -0.39 is 31.5 Å². The monoisotopic (exact) mass is 96.2 g/mol. The van der Waals surface area contributed by atoms with Crippen molar-refractivity contribution < 1.29 is 11.0 Å². The van der Waals surface area contributed by atoms with Gasteiger partial charge in [0.25, 0.3) is 0 Å². The van der Waals surface area contributed by atoms with Crippen molar-refractivity contribution in [1.29, 1.82) is 0 Å². The highest BCUT2D eigenvalue weighted by Gasteiger charge is 1.75. The highest BCUT2D eigenvalue weighted by molar-refractivity contribution is 4.38. The molecule has 0 aliphatic heterocycles. The number of hydrogen-bond donors (Lipinski definition) is 2. The molecule has 0 fully saturated rings. The topological polar surface area (TPSA) is 52.0 Å². The second-order valence-electron chi connectivity index (χ2n) is 0.618. The van der Waals surface area contributed by atoms with Crippen LogP contribution >= 0.6 is 0 Å². The van der Waals surface area contributed by atoms with Crippen molar-refractivity contribution in [1.82, 2.24) is 0 Å². The molecule has 0 bridgehead atoms. The van der Waals surface area contributed by atoms with Crippen LogP contribution in [0.5, 0.6) is 0 Å². The van der Waals surface area contributed by atoms with Crippen LogP contribution < -0.4 is 11.5 Å². The molecule has 0 saturated carbocycles. The summed E-state index contributed by atoms with van der Waals surface area (Å²) in [5.41, 5.74) is 4.47. The van der Waals surface area contributed by atoms with Crippen LogP contribution in [0, 0.1) is 0 Å². The molecule has 2 nitrogen and oxygen atoms in total. The van der Waals surface area contributed by atoms with Crippen molar-refractivity contribution in [2.24, 2.45) is 11.5 Å². The van der Waals surface area contributed by atoms with Gasteiger partial charge in [0, 0.05) is 8.22 Å². The first-order valence-electron chi connectivity index (χ1n) is 5.38. The normalized spacial score (nSPS) is 36.3. The van der Waals surface area contributed by atoms with Crippen molar-refractivity contribution in [2.75, 3.05) is 13.0 Å². The van der Waals surface area contributed by atoms with Gasteiger partial charge in [0.05, 0.1) is 0 Å². The molecular formula is C4H12N2. The Morgan fingerprint density at radius 2 is 2.50 bits per heavy atom. The molecule has 0 radical (unpaired) electrons. The van der Waals surface area contributed by atoms with E-state index in [0.29, 0.717) is 0 Å². The third-order valence-electron chi connectivity index (χ3n) is 0.246. The Balaban J connectivity index is 5.14. The molecule has 0 aliphatic carbocycles. The van der Waals surface area contributed by atoms with Gasteiger partial charge in [0.1, 0.15) is 2.82 Å². The van der Waals surface area contributed by atoms with Gasteiger partial charge < -0.3 is 11.5 Å². The van der Waals surface area contributed by atoms with E-state index in [1.165, 1.54) is 0 Å². The lowest BCUT2D eigenvalue weighted by molar-refractivity contribution is 0.755. The van der Waals surface area contributed by atoms with Crippen molar-refractivity contribution >= 4 is 0 Å². The summed E-state index contributed by atoms with van der Waals surface area (Å²) in [5, 5.41) is 0. The largest absolute Gasteiger partial charge is 0.330 e. The SMILES string of the molecule is [2H]N([2H])C([2H])([2H])C([2H])([2H])C([2H])([2H])CN. The second-order valence-corrected chi connectivity index (χ2v) is 0.618. The van der Waals surface area contributed by atoms with Crippen LogP contribution in [0.15, 0.2) is 0 Å². The summed E-state index contributed by atoms with van der Waals surface area (Å²) in [6.07, 6.45) is -5.69. The smallest absolute Gasteiger partial charge is 0.118 e. The molecule has 2 heteroatoms. The predicted octanol–water partition coefficient (Wildman–Crippen LogP) is -0.316. The Morgan fingerprint density at radius 3 is 3.00 bits per heavy atom. The lowest BCUT2D eigenvalue weighted by atomic mass is 10.3. The van der Waals surface area contributed by atoms with Crippen molar-refractivity contribution in [3.8, 4) is 0 Å². The first kappa shape index (κ1) is 0.858. The summed E-state index contributed by atoms with van der Waals surface area (Å²) in [7, 11) is 0. The van der Waals surface area contributed by atoms with E-state index >= 15 is 0 Å². The third kappa shape index (κ3) is 3.92. The van der Waals surface area contributed by atoms with Crippen LogP contribution in [0.2, 0.25) is 2.82 Å². The van der Waals surface area contributed by atoms with Gasteiger partial charge in [-0.25, -0.2) is 0 Å². The minimum atomic E-state index is -3.07. The maximum absolute atomic E-state index is 7.22. The zero-order chi connectivity index (χ0) is 11.8. The molecule has 0 aliphatic rings. The molecule has 0 saturated heterocycles. The fraction of sp³-hybridized carbons (Fsp3) is 1.00. The first-order valence-corrected chi connectivity index (χ1v) is 1.49. The van der Waals surface area contributed by atoms with Crippen LogP contribution in [0.4, 0.5) is 0 Å². The molecule has 0 spiro atoms. The van der Waals surface area contributed by atoms with E-state index in [1.807, 2.05) is 0 Å². The summed E-state index contributed by atoms with van der Waals surface area (Å²) in [6.45, 7) is -3.80. The Labute approximate surface area is 49.9 Å². The molecule has 0 atom stereocenters. The third-order valence-corrected chi connectivity index (χ3v) is 0.246. The van der Waals surface area contributed by atoms with Crippen LogP contribution in [-0.4, -0.2) is 13.0 Å². The molecule has 0 rings (SSSR count). The summed E-state index contributed by atoms with van der Waals surface area (Å²) in [6, 6.07) is 0. The zero-order valence-corrected chi connectivity index (χ0v) is 3.23. The molecule has 38 valence electrons. The van der Waals surface area contributed by atoms with Gasteiger partial charge in [0.2, 0.25) is 0 Å². The average molecular weight is 96.2 g/mol. The zero-order valence-electron chi connectivity index (χ0n) is 11.2. The Morgan fingerprint density at radius 1 is 1.67 bits per heavy atom. The fourth-order valence-electron chi connectivity index (χ4n) is 0.0906. The average Bonchev–Trinajstić information content (AvgIpc) is 2.03. The van der Waals surface area contributed by atoms with E-state index in [9.17, 15) is 0 Å². The van der Waals surface area contributed by atoms with Gasteiger partial charge in [-0.1, -0.05) is 0 Å². The predicted molar refractivity (Wildman–Crippen MR) is 27.3 cm³/mol. The van der Waals surface area contributed by atoms with Crippen LogP contribution in [0.3, 0.4) is 0 Å². The Bertz CT molecular complexity index is 202. The quantitative estimate of drug-likeness (QED) is 0.504. The minimum absolute atomic E-state index is 0.500. The van der Waals surface area contributed by atoms with Gasteiger partial charge in [-0.05, 0) is 25.8 Å². The summed E-state index contributed by atoms with van der Waals surface area (Å²) < 4.78 is 56.3. The van der Waals surface area contributed by atoms with E-state index in [4.69, 9.17) is 16.8 Å². The van der Waals surface area contributed by atoms with Crippen molar-refractivity contribution in [3.63, 3.8) is 0 Å². The molecule has 0 heterocycles. The minimum Gasteiger partial charge on any atom is -0.330 e. The lowest BCUT2D eigenvalue weighted by Crippen LogP contribution is -2.03. The number of nitrogens with two attached hydrogens (primary N) is 2. The molecule has 0 aromatic rings. The molecular weight excluding hydrogens is 76.1 g/mol. The highest BCUT2D eigenvalue weighted by Crippen LogP contribution is 1.77. The Hall–Kier alpha value is -0.0800. The maximum atomic E-state index is 7.22. The summed E-state index contributed by atoms with van der Waals surface area (Å²) >= 11 is 0. The van der Waals surface area contributed by atoms with E-state index in [0.717, 1.165) is 0 Å². The molecule has 4 N–H and O–H groups in total. The second kappa shape index (κ2) is 4.92. The Kier molecular flexibility index (Phi) is 0.704. The lowest BCUT2D eigenvalue weighted by Gasteiger charge is -1.87. The number of rotatable bonds is 4. The van der Waals surface area contributed by atoms with Gasteiger partial charge in [-0.2, -0.15) is 0 Å². The van der Waals surface area contributed by atoms with E-state index in [-0.39, 0.29) is 0 Å². The maximum Gasteiger partial charge on any atom is 0.118 e. The van der Waals surface area contributed by atoms with E-state index in [1.54, 1.807) is 0 Å². The highest BCUT2D eigenvalue weighted by atomic mass is 14.5. The summed E-state index contributed by atoms with van der Waals surface area (Å²) in [4.78, 5) is 0. The van der Waals surface area contributed by atoms with Crippen LogP contribution in [-0.2, 0) is 0 Å². The molecule has 6 heavy (non-hydrogen) atoms. The first-order chi connectivity index (χ1) is 6.00.